The molecule has 1 aliphatic carbocycles. The zero-order valence-electron chi connectivity index (χ0n) is 17.9. The van der Waals surface area contributed by atoms with E-state index in [0.717, 1.165) is 50.6 Å². The first-order valence-corrected chi connectivity index (χ1v) is 11.3. The van der Waals surface area contributed by atoms with Crippen LogP contribution in [0.25, 0.3) is 0 Å². The molecule has 29 heavy (non-hydrogen) atoms. The third-order valence-corrected chi connectivity index (χ3v) is 5.79. The Kier molecular flexibility index (Phi) is 9.09. The number of nitrogens with zero attached hydrogens (tertiary/aromatic N) is 2. The van der Waals surface area contributed by atoms with Crippen molar-refractivity contribution in [2.45, 2.75) is 51.6 Å². The van der Waals surface area contributed by atoms with Gasteiger partial charge >= 0.3 is 0 Å². The van der Waals surface area contributed by atoms with E-state index in [4.69, 9.17) is 9.47 Å². The average molecular weight is 404 g/mol. The number of nitrogens with one attached hydrogen (secondary N) is 1. The summed E-state index contributed by atoms with van der Waals surface area (Å²) < 4.78 is 11.7. The Morgan fingerprint density at radius 1 is 1.10 bits per heavy atom. The SMILES string of the molecule is CCOc1ccccc1N1CCN(CC(=O)NCCCOC2CCCCC2)CC1. The second kappa shape index (κ2) is 12.0. The first kappa shape index (κ1) is 21.9. The van der Waals surface area contributed by atoms with Gasteiger partial charge in [0.1, 0.15) is 5.75 Å². The Morgan fingerprint density at radius 2 is 1.86 bits per heavy atom. The third-order valence-electron chi connectivity index (χ3n) is 5.79. The number of benzene rings is 1. The summed E-state index contributed by atoms with van der Waals surface area (Å²) in [4.78, 5) is 16.8. The molecule has 0 radical (unpaired) electrons. The van der Waals surface area contributed by atoms with E-state index < -0.39 is 0 Å². The normalized spacial score (nSPS) is 18.6. The molecule has 1 aliphatic heterocycles. The van der Waals surface area contributed by atoms with Gasteiger partial charge in [0.2, 0.25) is 5.91 Å². The highest BCUT2D eigenvalue weighted by atomic mass is 16.5. The van der Waals surface area contributed by atoms with Crippen LogP contribution < -0.4 is 15.0 Å². The molecule has 6 nitrogen and oxygen atoms in total. The minimum Gasteiger partial charge on any atom is -0.492 e. The van der Waals surface area contributed by atoms with E-state index in [1.807, 2.05) is 19.1 Å². The van der Waals surface area contributed by atoms with Crippen LogP contribution >= 0.6 is 0 Å². The summed E-state index contributed by atoms with van der Waals surface area (Å²) >= 11 is 0. The van der Waals surface area contributed by atoms with Gasteiger partial charge < -0.3 is 19.7 Å². The van der Waals surface area contributed by atoms with Gasteiger partial charge in [0.15, 0.2) is 0 Å². The first-order valence-electron chi connectivity index (χ1n) is 11.3. The molecule has 1 N–H and O–H groups in total. The summed E-state index contributed by atoms with van der Waals surface area (Å²) in [5.74, 6) is 1.06. The average Bonchev–Trinajstić information content (AvgIpc) is 2.75. The highest BCUT2D eigenvalue weighted by molar-refractivity contribution is 5.78. The predicted octanol–water partition coefficient (Wildman–Crippen LogP) is 3.06. The molecule has 1 aromatic carbocycles. The maximum atomic E-state index is 12.2. The zero-order chi connectivity index (χ0) is 20.3. The van der Waals surface area contributed by atoms with Crippen molar-refractivity contribution < 1.29 is 14.3 Å². The van der Waals surface area contributed by atoms with Crippen LogP contribution in [0.3, 0.4) is 0 Å². The van der Waals surface area contributed by atoms with Gasteiger partial charge in [-0.15, -0.1) is 0 Å². The van der Waals surface area contributed by atoms with E-state index in [0.29, 0.717) is 25.8 Å². The number of hydrogen-bond acceptors (Lipinski definition) is 5. The molecule has 1 saturated carbocycles. The number of rotatable bonds is 10. The van der Waals surface area contributed by atoms with Gasteiger partial charge in [-0.1, -0.05) is 31.4 Å². The monoisotopic (exact) mass is 403 g/mol. The highest BCUT2D eigenvalue weighted by Gasteiger charge is 2.21. The maximum absolute atomic E-state index is 12.2. The molecule has 2 aliphatic rings. The van der Waals surface area contributed by atoms with Crippen LogP contribution in [0.15, 0.2) is 24.3 Å². The van der Waals surface area contributed by atoms with E-state index in [9.17, 15) is 4.79 Å². The Hall–Kier alpha value is -1.79. The molecule has 1 heterocycles. The Labute approximate surface area is 175 Å². The second-order valence-electron chi connectivity index (χ2n) is 8.00. The molecule has 0 unspecified atom stereocenters. The molecule has 162 valence electrons. The lowest BCUT2D eigenvalue weighted by Gasteiger charge is -2.36. The number of ether oxygens (including phenoxy) is 2. The molecule has 0 bridgehead atoms. The number of hydrogen-bond donors (Lipinski definition) is 1. The zero-order valence-corrected chi connectivity index (χ0v) is 17.9. The summed E-state index contributed by atoms with van der Waals surface area (Å²) in [6.07, 6.45) is 7.69. The van der Waals surface area contributed by atoms with Crippen LogP contribution in [0.2, 0.25) is 0 Å². The number of carbonyl (C=O) groups is 1. The summed E-state index contributed by atoms with van der Waals surface area (Å²) in [6.45, 7) is 8.20. The van der Waals surface area contributed by atoms with Gasteiger partial charge in [0, 0.05) is 39.3 Å². The van der Waals surface area contributed by atoms with Crippen molar-refractivity contribution in [2.75, 3.05) is 57.4 Å². The molecule has 0 spiro atoms. The van der Waals surface area contributed by atoms with E-state index in [1.54, 1.807) is 0 Å². The van der Waals surface area contributed by atoms with Crippen molar-refractivity contribution in [3.8, 4) is 5.75 Å². The van der Waals surface area contributed by atoms with Crippen LogP contribution in [-0.4, -0.2) is 69.4 Å². The largest absolute Gasteiger partial charge is 0.492 e. The third kappa shape index (κ3) is 7.19. The summed E-state index contributed by atoms with van der Waals surface area (Å²) in [5.41, 5.74) is 1.15. The van der Waals surface area contributed by atoms with Crippen LogP contribution in [0.1, 0.15) is 45.4 Å². The smallest absolute Gasteiger partial charge is 0.234 e. The first-order chi connectivity index (χ1) is 14.3. The van der Waals surface area contributed by atoms with Gasteiger partial charge in [-0.3, -0.25) is 9.69 Å². The van der Waals surface area contributed by atoms with Crippen molar-refractivity contribution in [3.05, 3.63) is 24.3 Å². The number of anilines is 1. The van der Waals surface area contributed by atoms with Crippen molar-refractivity contribution >= 4 is 11.6 Å². The van der Waals surface area contributed by atoms with E-state index in [-0.39, 0.29) is 5.91 Å². The molecule has 3 rings (SSSR count). The maximum Gasteiger partial charge on any atom is 0.234 e. The second-order valence-corrected chi connectivity index (χ2v) is 8.00. The quantitative estimate of drug-likeness (QED) is 0.609. The minimum atomic E-state index is 0.117. The lowest BCUT2D eigenvalue weighted by molar-refractivity contribution is -0.122. The molecular weight excluding hydrogens is 366 g/mol. The van der Waals surface area contributed by atoms with E-state index in [2.05, 4.69) is 27.2 Å². The molecule has 0 atom stereocenters. The Balaban J connectivity index is 1.29. The van der Waals surface area contributed by atoms with Gasteiger partial charge in [-0.05, 0) is 38.3 Å². The molecule has 0 aromatic heterocycles. The van der Waals surface area contributed by atoms with E-state index in [1.165, 1.54) is 32.1 Å². The van der Waals surface area contributed by atoms with Crippen LogP contribution in [0.4, 0.5) is 5.69 Å². The van der Waals surface area contributed by atoms with E-state index >= 15 is 0 Å². The number of carbonyl (C=O) groups excluding carboxylic acids is 1. The molecule has 1 amide bonds. The fraction of sp³-hybridized carbons (Fsp3) is 0.696. The molecule has 6 heteroatoms. The summed E-state index contributed by atoms with van der Waals surface area (Å²) in [5, 5.41) is 3.04. The molecular formula is C23H37N3O3. The number of piperazine rings is 1. The van der Waals surface area contributed by atoms with Crippen molar-refractivity contribution in [1.29, 1.82) is 0 Å². The lowest BCUT2D eigenvalue weighted by Crippen LogP contribution is -2.49. The Bertz CT molecular complexity index is 611. The van der Waals surface area contributed by atoms with Gasteiger partial charge in [-0.2, -0.15) is 0 Å². The van der Waals surface area contributed by atoms with Gasteiger partial charge in [-0.25, -0.2) is 0 Å². The minimum absolute atomic E-state index is 0.117. The van der Waals surface area contributed by atoms with Gasteiger partial charge in [0.25, 0.3) is 0 Å². The molecule has 1 saturated heterocycles. The van der Waals surface area contributed by atoms with Crippen LogP contribution in [-0.2, 0) is 9.53 Å². The molecule has 2 fully saturated rings. The fourth-order valence-electron chi connectivity index (χ4n) is 4.18. The summed E-state index contributed by atoms with van der Waals surface area (Å²) in [7, 11) is 0. The Morgan fingerprint density at radius 3 is 2.62 bits per heavy atom. The van der Waals surface area contributed by atoms with Crippen molar-refractivity contribution in [1.82, 2.24) is 10.2 Å². The standard InChI is InChI=1S/C23H37N3O3/c1-2-28-22-12-7-6-11-21(22)26-16-14-25(15-17-26)19-23(27)24-13-8-18-29-20-9-4-3-5-10-20/h6-7,11-12,20H,2-5,8-10,13-19H2,1H3,(H,24,27). The fourth-order valence-corrected chi connectivity index (χ4v) is 4.18. The molecule has 1 aromatic rings. The lowest BCUT2D eigenvalue weighted by atomic mass is 9.98. The number of amides is 1. The number of para-hydroxylation sites is 2. The van der Waals surface area contributed by atoms with Gasteiger partial charge in [0.05, 0.1) is 24.9 Å². The summed E-state index contributed by atoms with van der Waals surface area (Å²) in [6, 6.07) is 8.20. The van der Waals surface area contributed by atoms with Crippen LogP contribution in [0, 0.1) is 0 Å². The topological polar surface area (TPSA) is 54.0 Å². The van der Waals surface area contributed by atoms with Crippen molar-refractivity contribution in [2.24, 2.45) is 0 Å². The van der Waals surface area contributed by atoms with Crippen LogP contribution in [0.5, 0.6) is 5.75 Å². The predicted molar refractivity (Wildman–Crippen MR) is 117 cm³/mol. The highest BCUT2D eigenvalue weighted by Crippen LogP contribution is 2.28. The van der Waals surface area contributed by atoms with Crippen molar-refractivity contribution in [3.63, 3.8) is 0 Å².